The van der Waals surface area contributed by atoms with Crippen LogP contribution >= 0.6 is 23.6 Å². The summed E-state index contributed by atoms with van der Waals surface area (Å²) in [5.41, 5.74) is 8.42. The molecule has 2 N–H and O–H groups in total. The number of hydrogen-bond donors (Lipinski definition) is 1. The molecule has 1 aromatic heterocycles. The lowest BCUT2D eigenvalue weighted by Crippen LogP contribution is -2.34. The van der Waals surface area contributed by atoms with Gasteiger partial charge in [-0.05, 0) is 12.1 Å². The van der Waals surface area contributed by atoms with Gasteiger partial charge >= 0.3 is 0 Å². The predicted octanol–water partition coefficient (Wildman–Crippen LogP) is 2.47. The average molecular weight is 291 g/mol. The highest BCUT2D eigenvalue weighted by molar-refractivity contribution is 7.80. The summed E-state index contributed by atoms with van der Waals surface area (Å²) in [6.45, 7) is 0.454. The van der Waals surface area contributed by atoms with E-state index < -0.39 is 0 Å². The normalized spacial score (nSPS) is 10.1. The van der Waals surface area contributed by atoms with Gasteiger partial charge in [-0.1, -0.05) is 30.4 Å². The molecule has 2 aromatic rings. The van der Waals surface area contributed by atoms with Crippen LogP contribution in [-0.4, -0.2) is 22.4 Å². The maximum absolute atomic E-state index is 12.4. The van der Waals surface area contributed by atoms with Crippen molar-refractivity contribution in [3.8, 4) is 0 Å². The van der Waals surface area contributed by atoms with Gasteiger partial charge in [-0.15, -0.1) is 11.3 Å². The van der Waals surface area contributed by atoms with E-state index in [0.717, 1.165) is 5.69 Å². The predicted molar refractivity (Wildman–Crippen MR) is 81.6 cm³/mol. The topological polar surface area (TPSA) is 59.2 Å². The second-order valence-corrected chi connectivity index (χ2v) is 5.13. The SMILES string of the molecule is NC(=S)CCN(C(=O)c1cscn1)c1ccccc1. The first kappa shape index (κ1) is 13.6. The summed E-state index contributed by atoms with van der Waals surface area (Å²) in [5, 5.41) is 1.74. The number of benzene rings is 1. The quantitative estimate of drug-likeness (QED) is 0.860. The van der Waals surface area contributed by atoms with Crippen LogP contribution in [0.3, 0.4) is 0 Å². The number of amides is 1. The van der Waals surface area contributed by atoms with Crippen LogP contribution in [0, 0.1) is 0 Å². The number of carbonyl (C=O) groups is 1. The van der Waals surface area contributed by atoms with Gasteiger partial charge in [0.2, 0.25) is 0 Å². The number of hydrogen-bond acceptors (Lipinski definition) is 4. The Labute approximate surface area is 120 Å². The van der Waals surface area contributed by atoms with Gasteiger partial charge in [0, 0.05) is 24.0 Å². The fourth-order valence-electron chi connectivity index (χ4n) is 1.63. The summed E-state index contributed by atoms with van der Waals surface area (Å²) in [6, 6.07) is 9.44. The number of carbonyl (C=O) groups excluding carboxylic acids is 1. The molecule has 0 spiro atoms. The second kappa shape index (κ2) is 6.40. The van der Waals surface area contributed by atoms with Crippen LogP contribution < -0.4 is 10.6 Å². The van der Waals surface area contributed by atoms with Crippen molar-refractivity contribution >= 4 is 40.1 Å². The highest BCUT2D eigenvalue weighted by Gasteiger charge is 2.19. The summed E-state index contributed by atoms with van der Waals surface area (Å²) in [4.78, 5) is 18.5. The summed E-state index contributed by atoms with van der Waals surface area (Å²) in [5.74, 6) is -0.135. The minimum Gasteiger partial charge on any atom is -0.393 e. The highest BCUT2D eigenvalue weighted by Crippen LogP contribution is 2.17. The monoisotopic (exact) mass is 291 g/mol. The Hall–Kier alpha value is -1.79. The van der Waals surface area contributed by atoms with Gasteiger partial charge < -0.3 is 10.6 Å². The van der Waals surface area contributed by atoms with Crippen LogP contribution in [0.5, 0.6) is 0 Å². The molecular weight excluding hydrogens is 278 g/mol. The van der Waals surface area contributed by atoms with Gasteiger partial charge in [0.25, 0.3) is 5.91 Å². The molecule has 2 rings (SSSR count). The van der Waals surface area contributed by atoms with Crippen LogP contribution in [0.2, 0.25) is 0 Å². The second-order valence-electron chi connectivity index (χ2n) is 3.88. The molecule has 0 fully saturated rings. The third kappa shape index (κ3) is 3.59. The molecule has 0 aliphatic carbocycles. The zero-order valence-electron chi connectivity index (χ0n) is 10.2. The Morgan fingerprint density at radius 1 is 1.37 bits per heavy atom. The molecule has 0 aliphatic rings. The lowest BCUT2D eigenvalue weighted by molar-refractivity contribution is 0.0983. The summed E-state index contributed by atoms with van der Waals surface area (Å²) < 4.78 is 0. The molecule has 0 radical (unpaired) electrons. The van der Waals surface area contributed by atoms with Crippen molar-refractivity contribution in [1.82, 2.24) is 4.98 Å². The molecule has 1 aromatic carbocycles. The Morgan fingerprint density at radius 2 is 2.11 bits per heavy atom. The average Bonchev–Trinajstić information content (AvgIpc) is 2.93. The minimum absolute atomic E-state index is 0.135. The number of thiazole rings is 1. The van der Waals surface area contributed by atoms with E-state index in [-0.39, 0.29) is 5.91 Å². The van der Waals surface area contributed by atoms with Gasteiger partial charge in [-0.2, -0.15) is 0 Å². The number of thiocarbonyl (C=S) groups is 1. The molecule has 0 aliphatic heterocycles. The van der Waals surface area contributed by atoms with Crippen LogP contribution in [0.15, 0.2) is 41.2 Å². The number of nitrogens with zero attached hydrogens (tertiary/aromatic N) is 2. The molecule has 0 bridgehead atoms. The fraction of sp³-hybridized carbons (Fsp3) is 0.154. The first-order chi connectivity index (χ1) is 9.18. The molecule has 0 saturated carbocycles. The van der Waals surface area contributed by atoms with Gasteiger partial charge in [-0.3, -0.25) is 4.79 Å². The van der Waals surface area contributed by atoms with Crippen LogP contribution in [0.1, 0.15) is 16.9 Å². The zero-order valence-corrected chi connectivity index (χ0v) is 11.8. The van der Waals surface area contributed by atoms with Gasteiger partial charge in [0.05, 0.1) is 10.5 Å². The van der Waals surface area contributed by atoms with E-state index in [1.165, 1.54) is 11.3 Å². The lowest BCUT2D eigenvalue weighted by Gasteiger charge is -2.21. The maximum Gasteiger partial charge on any atom is 0.277 e. The van der Waals surface area contributed by atoms with Crippen molar-refractivity contribution in [2.45, 2.75) is 6.42 Å². The molecule has 6 heteroatoms. The number of para-hydroxylation sites is 1. The molecule has 0 saturated heterocycles. The fourth-order valence-corrected chi connectivity index (χ4v) is 2.25. The van der Waals surface area contributed by atoms with Crippen molar-refractivity contribution < 1.29 is 4.79 Å². The molecule has 19 heavy (non-hydrogen) atoms. The molecular formula is C13H13N3OS2. The number of nitrogens with two attached hydrogens (primary N) is 1. The Morgan fingerprint density at radius 3 is 2.68 bits per heavy atom. The van der Waals surface area contributed by atoms with Crippen molar-refractivity contribution in [3.63, 3.8) is 0 Å². The maximum atomic E-state index is 12.4. The zero-order chi connectivity index (χ0) is 13.7. The van der Waals surface area contributed by atoms with Crippen LogP contribution in [0.4, 0.5) is 5.69 Å². The standard InChI is InChI=1S/C13H13N3OS2/c14-12(18)6-7-16(10-4-2-1-3-5-10)13(17)11-8-19-9-15-11/h1-5,8-9H,6-7H2,(H2,14,18). The smallest absolute Gasteiger partial charge is 0.277 e. The molecule has 4 nitrogen and oxygen atoms in total. The van der Waals surface area contributed by atoms with E-state index in [4.69, 9.17) is 18.0 Å². The van der Waals surface area contributed by atoms with Crippen LogP contribution in [-0.2, 0) is 0 Å². The molecule has 1 heterocycles. The van der Waals surface area contributed by atoms with Crippen molar-refractivity contribution in [2.24, 2.45) is 5.73 Å². The third-order valence-corrected chi connectivity index (χ3v) is 3.34. The number of rotatable bonds is 5. The lowest BCUT2D eigenvalue weighted by atomic mass is 10.2. The first-order valence-electron chi connectivity index (χ1n) is 5.72. The summed E-state index contributed by atoms with van der Waals surface area (Å²) in [6.07, 6.45) is 0.486. The van der Waals surface area contributed by atoms with Gasteiger partial charge in [0.1, 0.15) is 5.69 Å². The van der Waals surface area contributed by atoms with Crippen molar-refractivity contribution in [3.05, 3.63) is 46.9 Å². The van der Waals surface area contributed by atoms with E-state index in [2.05, 4.69) is 4.98 Å². The van der Waals surface area contributed by atoms with Crippen molar-refractivity contribution in [2.75, 3.05) is 11.4 Å². The van der Waals surface area contributed by atoms with E-state index >= 15 is 0 Å². The third-order valence-electron chi connectivity index (χ3n) is 2.55. The first-order valence-corrected chi connectivity index (χ1v) is 7.07. The summed E-state index contributed by atoms with van der Waals surface area (Å²) >= 11 is 6.27. The Balaban J connectivity index is 2.24. The van der Waals surface area contributed by atoms with E-state index in [0.29, 0.717) is 23.6 Å². The summed E-state index contributed by atoms with van der Waals surface area (Å²) in [7, 11) is 0. The van der Waals surface area contributed by atoms with E-state index in [1.807, 2.05) is 30.3 Å². The Bertz CT molecular complexity index is 555. The highest BCUT2D eigenvalue weighted by atomic mass is 32.1. The van der Waals surface area contributed by atoms with Gasteiger partial charge in [0.15, 0.2) is 0 Å². The van der Waals surface area contributed by atoms with E-state index in [9.17, 15) is 4.79 Å². The van der Waals surface area contributed by atoms with Crippen molar-refractivity contribution in [1.29, 1.82) is 0 Å². The minimum atomic E-state index is -0.135. The molecule has 0 atom stereocenters. The van der Waals surface area contributed by atoms with Crippen LogP contribution in [0.25, 0.3) is 0 Å². The number of aromatic nitrogens is 1. The van der Waals surface area contributed by atoms with E-state index in [1.54, 1.807) is 15.8 Å². The number of anilines is 1. The largest absolute Gasteiger partial charge is 0.393 e. The van der Waals surface area contributed by atoms with Gasteiger partial charge in [-0.25, -0.2) is 4.98 Å². The molecule has 1 amide bonds. The molecule has 98 valence electrons. The Kier molecular flexibility index (Phi) is 4.59. The molecule has 0 unspecified atom stereocenters.